The predicted octanol–water partition coefficient (Wildman–Crippen LogP) is 6.96. The minimum Gasteiger partial charge on any atom is -0.497 e. The van der Waals surface area contributed by atoms with Crippen molar-refractivity contribution in [1.82, 2.24) is 14.6 Å². The van der Waals surface area contributed by atoms with Crippen molar-refractivity contribution in [1.29, 1.82) is 0 Å². The normalized spacial score (nSPS) is 15.4. The molecule has 1 heterocycles. The zero-order chi connectivity index (χ0) is 31.9. The van der Waals surface area contributed by atoms with Gasteiger partial charge < -0.3 is 9.64 Å². The van der Waals surface area contributed by atoms with Gasteiger partial charge in [0.25, 0.3) is 10.0 Å². The minimum atomic E-state index is -3.93. The molecule has 0 saturated carbocycles. The van der Waals surface area contributed by atoms with E-state index in [-0.39, 0.29) is 11.8 Å². The van der Waals surface area contributed by atoms with Crippen molar-refractivity contribution >= 4 is 15.7 Å². The van der Waals surface area contributed by atoms with Crippen molar-refractivity contribution in [3.8, 4) is 5.75 Å². The van der Waals surface area contributed by atoms with E-state index >= 15 is 0 Å². The third kappa shape index (κ3) is 8.71. The first-order valence-corrected chi connectivity index (χ1v) is 17.4. The summed E-state index contributed by atoms with van der Waals surface area (Å²) >= 11 is 0. The average molecular weight is 619 g/mol. The summed E-state index contributed by atoms with van der Waals surface area (Å²) in [5.74, 6) is 1.14. The van der Waals surface area contributed by atoms with Gasteiger partial charge in [0.05, 0.1) is 17.7 Å². The molecule has 0 bridgehead atoms. The molecule has 0 aliphatic carbocycles. The van der Waals surface area contributed by atoms with Gasteiger partial charge >= 0.3 is 0 Å². The summed E-state index contributed by atoms with van der Waals surface area (Å²) < 4.78 is 33.4. The summed E-state index contributed by atoms with van der Waals surface area (Å²) in [4.78, 5) is 7.95. The lowest BCUT2D eigenvalue weighted by Gasteiger charge is -2.34. The van der Waals surface area contributed by atoms with Crippen molar-refractivity contribution in [3.05, 3.63) is 94.5 Å². The maximum atomic E-state index is 14.0. The van der Waals surface area contributed by atoms with Gasteiger partial charge in [0.15, 0.2) is 0 Å². The van der Waals surface area contributed by atoms with Gasteiger partial charge in [0.1, 0.15) is 5.75 Å². The Morgan fingerprint density at radius 2 is 1.39 bits per heavy atom. The van der Waals surface area contributed by atoms with Crippen LogP contribution in [0.5, 0.6) is 5.75 Å². The van der Waals surface area contributed by atoms with Crippen LogP contribution in [0.1, 0.15) is 93.5 Å². The fourth-order valence-corrected chi connectivity index (χ4v) is 7.22. The molecule has 0 spiro atoms. The van der Waals surface area contributed by atoms with Gasteiger partial charge in [0, 0.05) is 45.7 Å². The summed E-state index contributed by atoms with van der Waals surface area (Å²) in [6.45, 7) is 18.2. The molecule has 1 fully saturated rings. The molecular weight excluding hydrogens is 568 g/mol. The molecule has 1 saturated heterocycles. The minimum absolute atomic E-state index is 0.0448. The number of benzene rings is 3. The Bertz CT molecular complexity index is 1460. The molecule has 3 aromatic carbocycles. The highest BCUT2D eigenvalue weighted by Crippen LogP contribution is 2.35. The van der Waals surface area contributed by atoms with E-state index in [1.807, 2.05) is 52.0 Å². The van der Waals surface area contributed by atoms with Crippen LogP contribution in [-0.4, -0.2) is 63.8 Å². The highest BCUT2D eigenvalue weighted by molar-refractivity contribution is 7.89. The van der Waals surface area contributed by atoms with Crippen molar-refractivity contribution in [2.24, 2.45) is 5.10 Å². The summed E-state index contributed by atoms with van der Waals surface area (Å²) in [6.07, 6.45) is 0.619. The first kappa shape index (κ1) is 33.7. The Hall–Kier alpha value is -3.20. The van der Waals surface area contributed by atoms with E-state index in [4.69, 9.17) is 4.74 Å². The molecule has 44 heavy (non-hydrogen) atoms. The largest absolute Gasteiger partial charge is 0.497 e. The van der Waals surface area contributed by atoms with Crippen LogP contribution in [-0.2, 0) is 16.6 Å². The quantitative estimate of drug-likeness (QED) is 0.166. The highest BCUT2D eigenvalue weighted by atomic mass is 32.2. The molecule has 1 aliphatic heterocycles. The number of nitrogens with one attached hydrogen (secondary N) is 1. The molecule has 0 aromatic heterocycles. The zero-order valence-corrected chi connectivity index (χ0v) is 28.3. The molecule has 7 nitrogen and oxygen atoms in total. The topological polar surface area (TPSA) is 74.2 Å². The Balaban J connectivity index is 1.56. The number of methoxy groups -OCH3 is 1. The van der Waals surface area contributed by atoms with Crippen LogP contribution in [0.25, 0.3) is 0 Å². The van der Waals surface area contributed by atoms with E-state index < -0.39 is 10.0 Å². The Labute approximate surface area is 265 Å². The van der Waals surface area contributed by atoms with Gasteiger partial charge in [-0.3, -0.25) is 4.90 Å². The standard InChI is InChI=1S/C36H50N4O3S/c1-26(2)31-23-33(27(3)4)36(34(24-31)28(5)6)44(41,42)38-37-35(30-13-15-32(43-7)16-14-30)17-18-39-19-21-40(22-20-39)25-29-11-9-8-10-12-29/h8-16,23-24,26-28,38H,17-22,25H2,1-7H3. The number of sulfonamides is 1. The lowest BCUT2D eigenvalue weighted by molar-refractivity contribution is 0.129. The number of hydrogen-bond donors (Lipinski definition) is 1. The highest BCUT2D eigenvalue weighted by Gasteiger charge is 2.27. The van der Waals surface area contributed by atoms with Gasteiger partial charge in [-0.15, -0.1) is 0 Å². The Kier molecular flexibility index (Phi) is 11.6. The van der Waals surface area contributed by atoms with Gasteiger partial charge in [-0.1, -0.05) is 84.0 Å². The van der Waals surface area contributed by atoms with Crippen LogP contribution in [0, 0.1) is 0 Å². The molecule has 8 heteroatoms. The summed E-state index contributed by atoms with van der Waals surface area (Å²) in [5, 5.41) is 4.61. The molecular formula is C36H50N4O3S. The fraction of sp³-hybridized carbons (Fsp3) is 0.472. The van der Waals surface area contributed by atoms with E-state index in [1.54, 1.807) is 7.11 Å². The number of hydrazone groups is 1. The average Bonchev–Trinajstić information content (AvgIpc) is 3.01. The molecule has 0 unspecified atom stereocenters. The van der Waals surface area contributed by atoms with Crippen LogP contribution >= 0.6 is 0 Å². The van der Waals surface area contributed by atoms with Gasteiger partial charge in [-0.05, 0) is 69.8 Å². The van der Waals surface area contributed by atoms with Crippen LogP contribution < -0.4 is 9.57 Å². The number of ether oxygens (including phenoxy) is 1. The molecule has 4 rings (SSSR count). The van der Waals surface area contributed by atoms with Gasteiger partial charge in [-0.2, -0.15) is 18.4 Å². The first-order valence-electron chi connectivity index (χ1n) is 15.9. The summed E-state index contributed by atoms with van der Waals surface area (Å²) in [6, 6.07) is 22.4. The summed E-state index contributed by atoms with van der Waals surface area (Å²) in [7, 11) is -2.30. The molecule has 0 radical (unpaired) electrons. The first-order chi connectivity index (χ1) is 21.0. The second kappa shape index (κ2) is 15.2. The SMILES string of the molecule is COc1ccc(C(CCN2CCN(Cc3ccccc3)CC2)=NNS(=O)(=O)c2c(C(C)C)cc(C(C)C)cc2C(C)C)cc1. The second-order valence-corrected chi connectivity index (χ2v) is 14.3. The maximum absolute atomic E-state index is 14.0. The third-order valence-corrected chi connectivity index (χ3v) is 9.79. The lowest BCUT2D eigenvalue weighted by atomic mass is 9.89. The second-order valence-electron chi connectivity index (χ2n) is 12.7. The molecule has 0 atom stereocenters. The van der Waals surface area contributed by atoms with E-state index in [1.165, 1.54) is 5.56 Å². The maximum Gasteiger partial charge on any atom is 0.277 e. The number of piperazine rings is 1. The van der Waals surface area contributed by atoms with Crippen molar-refractivity contribution in [2.75, 3.05) is 39.8 Å². The van der Waals surface area contributed by atoms with Crippen LogP contribution in [0.4, 0.5) is 0 Å². The lowest BCUT2D eigenvalue weighted by Crippen LogP contribution is -2.46. The number of hydrogen-bond acceptors (Lipinski definition) is 6. The third-order valence-electron chi connectivity index (χ3n) is 8.45. The molecule has 1 aliphatic rings. The van der Waals surface area contributed by atoms with Crippen LogP contribution in [0.15, 0.2) is 76.7 Å². The zero-order valence-electron chi connectivity index (χ0n) is 27.5. The monoisotopic (exact) mass is 618 g/mol. The molecule has 238 valence electrons. The Morgan fingerprint density at radius 1 is 0.818 bits per heavy atom. The predicted molar refractivity (Wildman–Crippen MR) is 181 cm³/mol. The Morgan fingerprint density at radius 3 is 1.91 bits per heavy atom. The van der Waals surface area contributed by atoms with E-state index in [0.717, 1.165) is 67.3 Å². The van der Waals surface area contributed by atoms with Crippen LogP contribution in [0.3, 0.4) is 0 Å². The van der Waals surface area contributed by atoms with E-state index in [9.17, 15) is 8.42 Å². The number of rotatable bonds is 13. The van der Waals surface area contributed by atoms with Crippen LogP contribution in [0.2, 0.25) is 0 Å². The van der Waals surface area contributed by atoms with E-state index in [0.29, 0.717) is 22.9 Å². The van der Waals surface area contributed by atoms with Gasteiger partial charge in [-0.25, -0.2) is 0 Å². The van der Waals surface area contributed by atoms with Crippen molar-refractivity contribution in [3.63, 3.8) is 0 Å². The van der Waals surface area contributed by atoms with Crippen molar-refractivity contribution in [2.45, 2.75) is 77.2 Å². The summed E-state index contributed by atoms with van der Waals surface area (Å²) in [5.41, 5.74) is 5.74. The number of nitrogens with zero attached hydrogens (tertiary/aromatic N) is 3. The molecule has 1 N–H and O–H groups in total. The fourth-order valence-electron chi connectivity index (χ4n) is 5.69. The van der Waals surface area contributed by atoms with Gasteiger partial charge in [0.2, 0.25) is 0 Å². The van der Waals surface area contributed by atoms with Crippen molar-refractivity contribution < 1.29 is 13.2 Å². The molecule has 3 aromatic rings. The smallest absolute Gasteiger partial charge is 0.277 e. The van der Waals surface area contributed by atoms with E-state index in [2.05, 4.69) is 76.0 Å². The molecule has 0 amide bonds.